The van der Waals surface area contributed by atoms with Crippen LogP contribution in [0.5, 0.6) is 0 Å². The van der Waals surface area contributed by atoms with Crippen LogP contribution in [0.3, 0.4) is 0 Å². The summed E-state index contributed by atoms with van der Waals surface area (Å²) in [6.45, 7) is 2.53. The molecule has 18 heavy (non-hydrogen) atoms. The van der Waals surface area contributed by atoms with Gasteiger partial charge in [0.15, 0.2) is 0 Å². The molecule has 1 N–H and O–H groups in total. The SMILES string of the molecule is Cc1cc(Cl)c(NCc2ccccc2Cl)cc1Cl. The van der Waals surface area contributed by atoms with Crippen molar-refractivity contribution >= 4 is 40.5 Å². The Hall–Kier alpha value is -0.890. The average Bonchev–Trinajstić information content (AvgIpc) is 2.34. The van der Waals surface area contributed by atoms with E-state index in [9.17, 15) is 0 Å². The number of nitrogens with one attached hydrogen (secondary N) is 1. The summed E-state index contributed by atoms with van der Waals surface area (Å²) in [5.74, 6) is 0. The van der Waals surface area contributed by atoms with E-state index in [0.29, 0.717) is 16.6 Å². The van der Waals surface area contributed by atoms with E-state index in [1.165, 1.54) is 0 Å². The first-order valence-corrected chi connectivity index (χ1v) is 6.64. The Morgan fingerprint density at radius 2 is 1.67 bits per heavy atom. The first-order chi connectivity index (χ1) is 8.58. The van der Waals surface area contributed by atoms with Gasteiger partial charge in [-0.05, 0) is 36.2 Å². The van der Waals surface area contributed by atoms with Gasteiger partial charge in [0.2, 0.25) is 0 Å². The quantitative estimate of drug-likeness (QED) is 0.781. The molecule has 0 radical (unpaired) electrons. The third-order valence-corrected chi connectivity index (χ3v) is 3.76. The second-order valence-corrected chi connectivity index (χ2v) is 5.25. The zero-order chi connectivity index (χ0) is 13.1. The number of aryl methyl sites for hydroxylation is 1. The predicted octanol–water partition coefficient (Wildman–Crippen LogP) is 5.57. The number of hydrogen-bond donors (Lipinski definition) is 1. The van der Waals surface area contributed by atoms with Crippen LogP contribution in [0.25, 0.3) is 0 Å². The Morgan fingerprint density at radius 3 is 2.39 bits per heavy atom. The third kappa shape index (κ3) is 3.11. The predicted molar refractivity (Wildman–Crippen MR) is 80.0 cm³/mol. The number of rotatable bonds is 3. The molecule has 0 heterocycles. The fourth-order valence-corrected chi connectivity index (χ4v) is 2.27. The van der Waals surface area contributed by atoms with Crippen molar-refractivity contribution in [2.24, 2.45) is 0 Å². The lowest BCUT2D eigenvalue weighted by molar-refractivity contribution is 1.15. The van der Waals surface area contributed by atoms with E-state index in [-0.39, 0.29) is 0 Å². The van der Waals surface area contributed by atoms with Crippen LogP contribution in [0.4, 0.5) is 5.69 Å². The van der Waals surface area contributed by atoms with Crippen LogP contribution >= 0.6 is 34.8 Å². The van der Waals surface area contributed by atoms with Gasteiger partial charge in [0.05, 0.1) is 10.7 Å². The van der Waals surface area contributed by atoms with Gasteiger partial charge in [-0.1, -0.05) is 53.0 Å². The normalized spacial score (nSPS) is 10.4. The highest BCUT2D eigenvalue weighted by atomic mass is 35.5. The van der Waals surface area contributed by atoms with Crippen molar-refractivity contribution in [3.63, 3.8) is 0 Å². The molecule has 0 fully saturated rings. The van der Waals surface area contributed by atoms with Crippen molar-refractivity contribution in [2.75, 3.05) is 5.32 Å². The summed E-state index contributed by atoms with van der Waals surface area (Å²) >= 11 is 18.3. The van der Waals surface area contributed by atoms with Gasteiger partial charge in [-0.2, -0.15) is 0 Å². The van der Waals surface area contributed by atoms with Crippen LogP contribution < -0.4 is 5.32 Å². The molecule has 0 atom stereocenters. The molecule has 94 valence electrons. The van der Waals surface area contributed by atoms with Crippen LogP contribution in [0, 0.1) is 6.92 Å². The molecule has 2 aromatic carbocycles. The maximum atomic E-state index is 6.15. The van der Waals surface area contributed by atoms with Crippen LogP contribution in [-0.4, -0.2) is 0 Å². The second kappa shape index (κ2) is 5.83. The van der Waals surface area contributed by atoms with Gasteiger partial charge < -0.3 is 5.32 Å². The maximum Gasteiger partial charge on any atom is 0.0641 e. The van der Waals surface area contributed by atoms with Crippen LogP contribution in [-0.2, 0) is 6.54 Å². The standard InChI is InChI=1S/C14H12Cl3N/c1-9-6-13(17)14(7-12(9)16)18-8-10-4-2-3-5-11(10)15/h2-7,18H,8H2,1H3. The molecular weight excluding hydrogens is 289 g/mol. The van der Waals surface area contributed by atoms with E-state index in [2.05, 4.69) is 5.32 Å². The molecule has 4 heteroatoms. The second-order valence-electron chi connectivity index (χ2n) is 4.03. The van der Waals surface area contributed by atoms with Crippen LogP contribution in [0.2, 0.25) is 15.1 Å². The highest BCUT2D eigenvalue weighted by molar-refractivity contribution is 6.35. The van der Waals surface area contributed by atoms with E-state index in [1.807, 2.05) is 43.3 Å². The first kappa shape index (κ1) is 13.5. The monoisotopic (exact) mass is 299 g/mol. The molecule has 0 bridgehead atoms. The molecule has 0 aliphatic heterocycles. The minimum Gasteiger partial charge on any atom is -0.380 e. The fraction of sp³-hybridized carbons (Fsp3) is 0.143. The Morgan fingerprint density at radius 1 is 0.944 bits per heavy atom. The molecule has 0 saturated carbocycles. The zero-order valence-electron chi connectivity index (χ0n) is 9.81. The molecule has 0 saturated heterocycles. The highest BCUT2D eigenvalue weighted by Crippen LogP contribution is 2.29. The molecule has 2 rings (SSSR count). The molecule has 0 aliphatic carbocycles. The summed E-state index contributed by atoms with van der Waals surface area (Å²) in [7, 11) is 0. The van der Waals surface area contributed by atoms with E-state index < -0.39 is 0 Å². The molecule has 0 aliphatic rings. The highest BCUT2D eigenvalue weighted by Gasteiger charge is 2.05. The van der Waals surface area contributed by atoms with Crippen molar-refractivity contribution in [1.29, 1.82) is 0 Å². The summed E-state index contributed by atoms with van der Waals surface area (Å²) in [6, 6.07) is 11.4. The van der Waals surface area contributed by atoms with E-state index in [0.717, 1.165) is 21.8 Å². The van der Waals surface area contributed by atoms with Gasteiger partial charge in [-0.25, -0.2) is 0 Å². The van der Waals surface area contributed by atoms with E-state index in [4.69, 9.17) is 34.8 Å². The summed E-state index contributed by atoms with van der Waals surface area (Å²) < 4.78 is 0. The summed E-state index contributed by atoms with van der Waals surface area (Å²) in [6.07, 6.45) is 0. The molecule has 2 aromatic rings. The van der Waals surface area contributed by atoms with Crippen molar-refractivity contribution in [3.8, 4) is 0 Å². The van der Waals surface area contributed by atoms with Crippen LogP contribution in [0.15, 0.2) is 36.4 Å². The molecular formula is C14H12Cl3N. The first-order valence-electron chi connectivity index (χ1n) is 5.51. The topological polar surface area (TPSA) is 12.0 Å². The van der Waals surface area contributed by atoms with E-state index in [1.54, 1.807) is 0 Å². The van der Waals surface area contributed by atoms with Crippen LogP contribution in [0.1, 0.15) is 11.1 Å². The summed E-state index contributed by atoms with van der Waals surface area (Å²) in [4.78, 5) is 0. The molecule has 0 spiro atoms. The number of hydrogen-bond acceptors (Lipinski definition) is 1. The van der Waals surface area contributed by atoms with Gasteiger partial charge >= 0.3 is 0 Å². The lowest BCUT2D eigenvalue weighted by atomic mass is 10.2. The summed E-state index contributed by atoms with van der Waals surface area (Å²) in [5.41, 5.74) is 2.80. The Labute approximate surface area is 122 Å². The number of halogens is 3. The molecule has 0 amide bonds. The van der Waals surface area contributed by atoms with Crippen molar-refractivity contribution < 1.29 is 0 Å². The molecule has 0 aromatic heterocycles. The van der Waals surface area contributed by atoms with Gasteiger partial charge in [0.1, 0.15) is 0 Å². The molecule has 1 nitrogen and oxygen atoms in total. The Balaban J connectivity index is 2.16. The smallest absolute Gasteiger partial charge is 0.0641 e. The van der Waals surface area contributed by atoms with Crippen molar-refractivity contribution in [1.82, 2.24) is 0 Å². The third-order valence-electron chi connectivity index (χ3n) is 2.68. The fourth-order valence-electron chi connectivity index (χ4n) is 1.61. The van der Waals surface area contributed by atoms with Crippen molar-refractivity contribution in [2.45, 2.75) is 13.5 Å². The van der Waals surface area contributed by atoms with Crippen molar-refractivity contribution in [3.05, 3.63) is 62.6 Å². The largest absolute Gasteiger partial charge is 0.380 e. The summed E-state index contributed by atoms with van der Waals surface area (Å²) in [5, 5.41) is 5.32. The number of anilines is 1. The minimum atomic E-state index is 0.610. The zero-order valence-corrected chi connectivity index (χ0v) is 12.1. The Kier molecular flexibility index (Phi) is 4.39. The van der Waals surface area contributed by atoms with Gasteiger partial charge in [-0.15, -0.1) is 0 Å². The minimum absolute atomic E-state index is 0.610. The lowest BCUT2D eigenvalue weighted by Gasteiger charge is -2.11. The number of benzene rings is 2. The lowest BCUT2D eigenvalue weighted by Crippen LogP contribution is -2.00. The van der Waals surface area contributed by atoms with E-state index >= 15 is 0 Å². The van der Waals surface area contributed by atoms with Gasteiger partial charge in [0, 0.05) is 16.6 Å². The van der Waals surface area contributed by atoms with Gasteiger partial charge in [-0.3, -0.25) is 0 Å². The maximum absolute atomic E-state index is 6.15. The Bertz CT molecular complexity index is 567. The van der Waals surface area contributed by atoms with Gasteiger partial charge in [0.25, 0.3) is 0 Å². The average molecular weight is 301 g/mol. The molecule has 0 unspecified atom stereocenters.